The molecule has 6 nitrogen and oxygen atoms in total. The van der Waals surface area contributed by atoms with Gasteiger partial charge in [-0.25, -0.2) is 9.67 Å². The molecule has 0 aromatic carbocycles. The van der Waals surface area contributed by atoms with Crippen LogP contribution in [-0.4, -0.2) is 33.6 Å². The fraction of sp³-hybridized carbons (Fsp3) is 0.462. The lowest BCUT2D eigenvalue weighted by molar-refractivity contribution is 0.395. The van der Waals surface area contributed by atoms with Crippen molar-refractivity contribution in [2.45, 2.75) is 25.8 Å². The molecular weight excluding hydrogens is 242 g/mol. The Morgan fingerprint density at radius 3 is 2.95 bits per heavy atom. The molecule has 0 atom stereocenters. The summed E-state index contributed by atoms with van der Waals surface area (Å²) in [6, 6.07) is 5.68. The van der Waals surface area contributed by atoms with Crippen LogP contribution in [0.15, 0.2) is 24.4 Å². The highest BCUT2D eigenvalue weighted by atomic mass is 16.5. The van der Waals surface area contributed by atoms with Crippen molar-refractivity contribution in [3.05, 3.63) is 35.8 Å². The Morgan fingerprint density at radius 2 is 2.16 bits per heavy atom. The zero-order chi connectivity index (χ0) is 13.5. The summed E-state index contributed by atoms with van der Waals surface area (Å²) in [6.07, 6.45) is 4.94. The van der Waals surface area contributed by atoms with Crippen LogP contribution in [0.1, 0.15) is 24.2 Å². The van der Waals surface area contributed by atoms with Crippen LogP contribution in [0.5, 0.6) is 5.88 Å². The molecule has 2 aromatic rings. The summed E-state index contributed by atoms with van der Waals surface area (Å²) in [5.41, 5.74) is 7.36. The average Bonchev–Trinajstić information content (AvgIpc) is 2.87. The molecule has 0 saturated heterocycles. The lowest BCUT2D eigenvalue weighted by Gasteiger charge is -2.02. The summed E-state index contributed by atoms with van der Waals surface area (Å²) in [4.78, 5) is 4.34. The number of nitrogens with zero attached hydrogens (tertiary/aromatic N) is 4. The van der Waals surface area contributed by atoms with Crippen molar-refractivity contribution in [2.75, 3.05) is 13.7 Å². The van der Waals surface area contributed by atoms with E-state index in [-0.39, 0.29) is 0 Å². The van der Waals surface area contributed by atoms with Crippen molar-refractivity contribution >= 4 is 0 Å². The minimum atomic E-state index is 0.598. The van der Waals surface area contributed by atoms with Gasteiger partial charge < -0.3 is 10.5 Å². The first-order chi connectivity index (χ1) is 9.31. The number of unbranched alkanes of at least 4 members (excludes halogenated alkanes) is 1. The van der Waals surface area contributed by atoms with Gasteiger partial charge in [0, 0.05) is 12.3 Å². The SMILES string of the molecule is COc1cccc(Cn2cc(CCCCN)nn2)n1. The normalized spacial score (nSPS) is 10.6. The van der Waals surface area contributed by atoms with Crippen molar-refractivity contribution < 1.29 is 4.74 Å². The molecule has 2 aromatic heterocycles. The number of rotatable bonds is 7. The third-order valence-electron chi connectivity index (χ3n) is 2.79. The molecule has 0 spiro atoms. The Morgan fingerprint density at radius 1 is 1.26 bits per heavy atom. The van der Waals surface area contributed by atoms with Crippen molar-refractivity contribution in [1.29, 1.82) is 0 Å². The summed E-state index contributed by atoms with van der Waals surface area (Å²) in [7, 11) is 1.61. The molecule has 19 heavy (non-hydrogen) atoms. The first-order valence-electron chi connectivity index (χ1n) is 6.41. The van der Waals surface area contributed by atoms with Gasteiger partial charge in [-0.3, -0.25) is 0 Å². The van der Waals surface area contributed by atoms with Gasteiger partial charge in [0.1, 0.15) is 0 Å². The Balaban J connectivity index is 1.95. The molecule has 6 heteroatoms. The standard InChI is InChI=1S/C13H19N5O/c1-19-13-7-4-6-11(15-13)9-18-10-12(16-17-18)5-2-3-8-14/h4,6-7,10H,2-3,5,8-9,14H2,1H3. The first-order valence-corrected chi connectivity index (χ1v) is 6.41. The van der Waals surface area contributed by atoms with E-state index >= 15 is 0 Å². The van der Waals surface area contributed by atoms with E-state index in [0.29, 0.717) is 12.4 Å². The maximum atomic E-state index is 5.47. The second-order valence-electron chi connectivity index (χ2n) is 4.32. The maximum Gasteiger partial charge on any atom is 0.213 e. The van der Waals surface area contributed by atoms with E-state index in [1.54, 1.807) is 11.8 Å². The second-order valence-corrected chi connectivity index (χ2v) is 4.32. The summed E-state index contributed by atoms with van der Waals surface area (Å²) >= 11 is 0. The molecule has 0 amide bonds. The highest BCUT2D eigenvalue weighted by Gasteiger charge is 2.03. The zero-order valence-electron chi connectivity index (χ0n) is 11.1. The third-order valence-corrected chi connectivity index (χ3v) is 2.79. The van der Waals surface area contributed by atoms with Crippen LogP contribution in [0.4, 0.5) is 0 Å². The number of ether oxygens (including phenoxy) is 1. The van der Waals surface area contributed by atoms with Crippen LogP contribution in [0, 0.1) is 0 Å². The minimum absolute atomic E-state index is 0.598. The van der Waals surface area contributed by atoms with Gasteiger partial charge in [0.05, 0.1) is 25.0 Å². The van der Waals surface area contributed by atoms with Crippen molar-refractivity contribution in [3.63, 3.8) is 0 Å². The summed E-state index contributed by atoms with van der Waals surface area (Å²) in [6.45, 7) is 1.32. The number of pyridine rings is 1. The molecule has 0 fully saturated rings. The van der Waals surface area contributed by atoms with E-state index in [9.17, 15) is 0 Å². The first kappa shape index (κ1) is 13.5. The Bertz CT molecular complexity index is 511. The van der Waals surface area contributed by atoms with Gasteiger partial charge in [0.2, 0.25) is 5.88 Å². The third kappa shape index (κ3) is 4.03. The second kappa shape index (κ2) is 6.84. The highest BCUT2D eigenvalue weighted by Crippen LogP contribution is 2.08. The van der Waals surface area contributed by atoms with Crippen LogP contribution in [-0.2, 0) is 13.0 Å². The number of aryl methyl sites for hydroxylation is 1. The lowest BCUT2D eigenvalue weighted by Crippen LogP contribution is -2.03. The quantitative estimate of drug-likeness (QED) is 0.752. The molecule has 102 valence electrons. The predicted molar refractivity (Wildman–Crippen MR) is 71.9 cm³/mol. The Hall–Kier alpha value is -1.95. The van der Waals surface area contributed by atoms with E-state index in [0.717, 1.165) is 37.2 Å². The molecule has 0 bridgehead atoms. The minimum Gasteiger partial charge on any atom is -0.481 e. The van der Waals surface area contributed by atoms with Crippen LogP contribution >= 0.6 is 0 Å². The van der Waals surface area contributed by atoms with Gasteiger partial charge in [-0.2, -0.15) is 0 Å². The van der Waals surface area contributed by atoms with Crippen LogP contribution in [0.3, 0.4) is 0 Å². The molecule has 0 radical (unpaired) electrons. The van der Waals surface area contributed by atoms with Gasteiger partial charge in [-0.1, -0.05) is 11.3 Å². The summed E-state index contributed by atoms with van der Waals surface area (Å²) in [5, 5.41) is 8.24. The van der Waals surface area contributed by atoms with Crippen LogP contribution in [0.2, 0.25) is 0 Å². The molecule has 2 heterocycles. The summed E-state index contributed by atoms with van der Waals surface area (Å²) < 4.78 is 6.89. The van der Waals surface area contributed by atoms with Gasteiger partial charge in [-0.05, 0) is 31.9 Å². The van der Waals surface area contributed by atoms with E-state index in [2.05, 4.69) is 15.3 Å². The largest absolute Gasteiger partial charge is 0.481 e. The lowest BCUT2D eigenvalue weighted by atomic mass is 10.2. The fourth-order valence-electron chi connectivity index (χ4n) is 1.81. The molecule has 0 aliphatic heterocycles. The van der Waals surface area contributed by atoms with Crippen molar-refractivity contribution in [2.24, 2.45) is 5.73 Å². The van der Waals surface area contributed by atoms with Gasteiger partial charge in [-0.15, -0.1) is 5.10 Å². The Kier molecular flexibility index (Phi) is 4.85. The monoisotopic (exact) mass is 261 g/mol. The van der Waals surface area contributed by atoms with E-state index in [1.165, 1.54) is 0 Å². The van der Waals surface area contributed by atoms with Crippen molar-refractivity contribution in [3.8, 4) is 5.88 Å². The molecule has 0 aliphatic carbocycles. The van der Waals surface area contributed by atoms with Crippen LogP contribution in [0.25, 0.3) is 0 Å². The fourth-order valence-corrected chi connectivity index (χ4v) is 1.81. The molecule has 0 aliphatic rings. The van der Waals surface area contributed by atoms with Crippen molar-refractivity contribution in [1.82, 2.24) is 20.0 Å². The molecule has 0 unspecified atom stereocenters. The van der Waals surface area contributed by atoms with Crippen LogP contribution < -0.4 is 10.5 Å². The average molecular weight is 261 g/mol. The topological polar surface area (TPSA) is 78.9 Å². The van der Waals surface area contributed by atoms with Gasteiger partial charge in [0.25, 0.3) is 0 Å². The van der Waals surface area contributed by atoms with Gasteiger partial charge in [0.15, 0.2) is 0 Å². The number of nitrogens with two attached hydrogens (primary N) is 1. The predicted octanol–water partition coefficient (Wildman–Crippen LogP) is 1.01. The van der Waals surface area contributed by atoms with E-state index in [4.69, 9.17) is 10.5 Å². The Labute approximate surface area is 112 Å². The smallest absolute Gasteiger partial charge is 0.213 e. The van der Waals surface area contributed by atoms with E-state index in [1.807, 2.05) is 24.4 Å². The number of methoxy groups -OCH3 is 1. The highest BCUT2D eigenvalue weighted by molar-refractivity contribution is 5.15. The molecule has 0 saturated carbocycles. The molecule has 2 N–H and O–H groups in total. The number of hydrogen-bond acceptors (Lipinski definition) is 5. The zero-order valence-corrected chi connectivity index (χ0v) is 11.1. The number of hydrogen-bond donors (Lipinski definition) is 1. The van der Waals surface area contributed by atoms with E-state index < -0.39 is 0 Å². The summed E-state index contributed by atoms with van der Waals surface area (Å²) in [5.74, 6) is 0.612. The number of aromatic nitrogens is 4. The van der Waals surface area contributed by atoms with Gasteiger partial charge >= 0.3 is 0 Å². The molecule has 2 rings (SSSR count). The maximum absolute atomic E-state index is 5.47. The molecular formula is C13H19N5O.